The van der Waals surface area contributed by atoms with Crippen LogP contribution in [0.15, 0.2) is 48.9 Å². The van der Waals surface area contributed by atoms with Crippen molar-refractivity contribution in [2.45, 2.75) is 19.5 Å². The Kier molecular flexibility index (Phi) is 4.26. The smallest absolute Gasteiger partial charge is 0.227 e. The minimum Gasteiger partial charge on any atom is -0.338 e. The lowest BCUT2D eigenvalue weighted by molar-refractivity contribution is -0.140. The lowest BCUT2D eigenvalue weighted by Crippen LogP contribution is -2.44. The Morgan fingerprint density at radius 3 is 2.83 bits per heavy atom. The topological polar surface area (TPSA) is 49.3 Å². The highest BCUT2D eigenvalue weighted by Crippen LogP contribution is 2.33. The first-order valence-corrected chi connectivity index (χ1v) is 8.59. The van der Waals surface area contributed by atoms with Gasteiger partial charge in [0.2, 0.25) is 5.91 Å². The van der Waals surface area contributed by atoms with Crippen molar-refractivity contribution in [2.24, 2.45) is 11.8 Å². The van der Waals surface area contributed by atoms with Gasteiger partial charge >= 0.3 is 0 Å². The van der Waals surface area contributed by atoms with Gasteiger partial charge in [0.05, 0.1) is 11.6 Å². The number of piperidine rings is 1. The van der Waals surface area contributed by atoms with Crippen molar-refractivity contribution in [2.75, 3.05) is 19.6 Å². The Labute approximate surface area is 142 Å². The molecule has 1 amide bonds. The highest BCUT2D eigenvalue weighted by atomic mass is 16.2. The standard InChI is InChI=1S/C19H22N4O/c24-19-18-14-22(13-17-5-1-2-8-21-17)12-16(18)6-9-23(19)11-15-4-3-7-20-10-15/h1-5,7-8,10,16,18H,6,9,11-14H2. The number of nitrogens with zero attached hydrogens (tertiary/aromatic N) is 4. The van der Waals surface area contributed by atoms with Gasteiger partial charge in [-0.25, -0.2) is 0 Å². The van der Waals surface area contributed by atoms with Gasteiger partial charge in [-0.2, -0.15) is 0 Å². The van der Waals surface area contributed by atoms with Crippen LogP contribution in [0, 0.1) is 11.8 Å². The average Bonchev–Trinajstić information content (AvgIpc) is 3.03. The van der Waals surface area contributed by atoms with E-state index in [0.717, 1.165) is 43.9 Å². The van der Waals surface area contributed by atoms with Crippen molar-refractivity contribution >= 4 is 5.91 Å². The molecular formula is C19H22N4O. The molecule has 0 radical (unpaired) electrons. The molecule has 2 aromatic heterocycles. The number of likely N-dealkylation sites (tertiary alicyclic amines) is 2. The Balaban J connectivity index is 1.40. The molecule has 2 aliphatic rings. The number of fused-ring (bicyclic) bond motifs is 1. The number of amides is 1. The normalized spacial score (nSPS) is 24.2. The third-order valence-electron chi connectivity index (χ3n) is 5.12. The molecule has 124 valence electrons. The van der Waals surface area contributed by atoms with Crippen molar-refractivity contribution in [3.8, 4) is 0 Å². The van der Waals surface area contributed by atoms with Crippen molar-refractivity contribution in [1.82, 2.24) is 19.8 Å². The van der Waals surface area contributed by atoms with Crippen molar-refractivity contribution in [1.29, 1.82) is 0 Å². The summed E-state index contributed by atoms with van der Waals surface area (Å²) in [4.78, 5) is 25.8. The van der Waals surface area contributed by atoms with E-state index >= 15 is 0 Å². The van der Waals surface area contributed by atoms with Crippen LogP contribution in [-0.4, -0.2) is 45.3 Å². The zero-order chi connectivity index (χ0) is 16.4. The highest BCUT2D eigenvalue weighted by Gasteiger charge is 2.42. The summed E-state index contributed by atoms with van der Waals surface area (Å²) < 4.78 is 0. The van der Waals surface area contributed by atoms with E-state index in [1.807, 2.05) is 41.6 Å². The maximum Gasteiger partial charge on any atom is 0.227 e. The van der Waals surface area contributed by atoms with Gasteiger partial charge in [-0.15, -0.1) is 0 Å². The molecule has 2 unspecified atom stereocenters. The largest absolute Gasteiger partial charge is 0.338 e. The molecule has 5 nitrogen and oxygen atoms in total. The SMILES string of the molecule is O=C1C2CN(Cc3ccccn3)CC2CCN1Cc1cccnc1. The first-order valence-electron chi connectivity index (χ1n) is 8.59. The van der Waals surface area contributed by atoms with E-state index in [4.69, 9.17) is 0 Å². The molecule has 2 atom stereocenters. The fourth-order valence-corrected chi connectivity index (χ4v) is 3.92. The second-order valence-corrected chi connectivity index (χ2v) is 6.79. The van der Waals surface area contributed by atoms with Crippen LogP contribution in [0.4, 0.5) is 0 Å². The molecule has 0 saturated carbocycles. The number of pyridine rings is 2. The number of carbonyl (C=O) groups is 1. The third kappa shape index (κ3) is 3.17. The Bertz CT molecular complexity index is 691. The van der Waals surface area contributed by atoms with Crippen LogP contribution < -0.4 is 0 Å². The molecule has 0 aliphatic carbocycles. The van der Waals surface area contributed by atoms with Gasteiger partial charge in [0, 0.05) is 51.3 Å². The number of carbonyl (C=O) groups excluding carboxylic acids is 1. The number of aromatic nitrogens is 2. The molecule has 0 spiro atoms. The maximum absolute atomic E-state index is 12.9. The second kappa shape index (κ2) is 6.69. The van der Waals surface area contributed by atoms with Crippen LogP contribution in [0.25, 0.3) is 0 Å². The van der Waals surface area contributed by atoms with Crippen LogP contribution in [-0.2, 0) is 17.9 Å². The predicted octanol–water partition coefficient (Wildman–Crippen LogP) is 1.96. The Morgan fingerprint density at radius 1 is 1.08 bits per heavy atom. The van der Waals surface area contributed by atoms with Crippen molar-refractivity contribution in [3.05, 3.63) is 60.2 Å². The zero-order valence-corrected chi connectivity index (χ0v) is 13.7. The molecular weight excluding hydrogens is 300 g/mol. The lowest BCUT2D eigenvalue weighted by atomic mass is 9.88. The Morgan fingerprint density at radius 2 is 2.04 bits per heavy atom. The van der Waals surface area contributed by atoms with E-state index in [9.17, 15) is 4.79 Å². The number of rotatable bonds is 4. The summed E-state index contributed by atoms with van der Waals surface area (Å²) in [7, 11) is 0. The fourth-order valence-electron chi connectivity index (χ4n) is 3.92. The molecule has 2 saturated heterocycles. The molecule has 4 heterocycles. The van der Waals surface area contributed by atoms with Gasteiger partial charge in [0.15, 0.2) is 0 Å². The lowest BCUT2D eigenvalue weighted by Gasteiger charge is -2.33. The van der Waals surface area contributed by atoms with Gasteiger partial charge < -0.3 is 4.90 Å². The van der Waals surface area contributed by atoms with E-state index in [1.165, 1.54) is 0 Å². The van der Waals surface area contributed by atoms with Crippen molar-refractivity contribution < 1.29 is 4.79 Å². The first-order chi connectivity index (χ1) is 11.8. The molecule has 2 aliphatic heterocycles. The van der Waals surface area contributed by atoms with Crippen molar-refractivity contribution in [3.63, 3.8) is 0 Å². The quantitative estimate of drug-likeness (QED) is 0.863. The molecule has 0 aromatic carbocycles. The molecule has 0 N–H and O–H groups in total. The van der Waals surface area contributed by atoms with Gasteiger partial charge in [-0.05, 0) is 36.1 Å². The van der Waals surface area contributed by atoms with Crippen LogP contribution in [0.1, 0.15) is 17.7 Å². The number of hydrogen-bond acceptors (Lipinski definition) is 4. The van der Waals surface area contributed by atoms with E-state index in [2.05, 4.69) is 20.9 Å². The summed E-state index contributed by atoms with van der Waals surface area (Å²) >= 11 is 0. The second-order valence-electron chi connectivity index (χ2n) is 6.79. The van der Waals surface area contributed by atoms with Crippen LogP contribution >= 0.6 is 0 Å². The van der Waals surface area contributed by atoms with E-state index in [1.54, 1.807) is 6.20 Å². The third-order valence-corrected chi connectivity index (χ3v) is 5.12. The average molecular weight is 322 g/mol. The number of hydrogen-bond donors (Lipinski definition) is 0. The van der Waals surface area contributed by atoms with Crippen LogP contribution in [0.2, 0.25) is 0 Å². The molecule has 4 rings (SSSR count). The predicted molar refractivity (Wildman–Crippen MR) is 90.8 cm³/mol. The molecule has 2 aromatic rings. The minimum atomic E-state index is 0.138. The zero-order valence-electron chi connectivity index (χ0n) is 13.7. The van der Waals surface area contributed by atoms with Gasteiger partial charge in [0.1, 0.15) is 0 Å². The van der Waals surface area contributed by atoms with E-state index < -0.39 is 0 Å². The minimum absolute atomic E-state index is 0.138. The summed E-state index contributed by atoms with van der Waals surface area (Å²) in [5.41, 5.74) is 2.18. The monoisotopic (exact) mass is 322 g/mol. The Hall–Kier alpha value is -2.27. The molecule has 24 heavy (non-hydrogen) atoms. The van der Waals surface area contributed by atoms with Gasteiger partial charge in [-0.3, -0.25) is 19.7 Å². The molecule has 2 fully saturated rings. The summed E-state index contributed by atoms with van der Waals surface area (Å²) in [6.45, 7) is 4.23. The summed E-state index contributed by atoms with van der Waals surface area (Å²) in [5.74, 6) is 0.934. The maximum atomic E-state index is 12.9. The summed E-state index contributed by atoms with van der Waals surface area (Å²) in [6.07, 6.45) is 6.54. The summed E-state index contributed by atoms with van der Waals surface area (Å²) in [5, 5.41) is 0. The molecule has 5 heteroatoms. The van der Waals surface area contributed by atoms with Gasteiger partial charge in [0.25, 0.3) is 0 Å². The fraction of sp³-hybridized carbons (Fsp3) is 0.421. The van der Waals surface area contributed by atoms with Crippen LogP contribution in [0.3, 0.4) is 0 Å². The first kappa shape index (κ1) is 15.3. The summed E-state index contributed by atoms with van der Waals surface area (Å²) in [6, 6.07) is 9.98. The van der Waals surface area contributed by atoms with E-state index in [0.29, 0.717) is 18.4 Å². The highest BCUT2D eigenvalue weighted by molar-refractivity contribution is 5.80. The van der Waals surface area contributed by atoms with Gasteiger partial charge in [-0.1, -0.05) is 12.1 Å². The molecule has 0 bridgehead atoms. The van der Waals surface area contributed by atoms with E-state index in [-0.39, 0.29) is 5.92 Å². The van der Waals surface area contributed by atoms with Crippen LogP contribution in [0.5, 0.6) is 0 Å².